The standard InChI is InChI=1S/C20H28N8O2.HI/c1-21-20(27-6-7-28(18(29)15-27)17-13-24-25(2)14-17)23-12-16-4-3-5-22-19(16)26-8-10-30-11-9-26;/h3-5,13-14H,6-12,15H2,1-2H3,(H,21,23);1H. The summed E-state index contributed by atoms with van der Waals surface area (Å²) in [4.78, 5) is 27.7. The van der Waals surface area contributed by atoms with Gasteiger partial charge < -0.3 is 24.8 Å². The Balaban J connectivity index is 0.00000272. The van der Waals surface area contributed by atoms with E-state index in [2.05, 4.69) is 31.4 Å². The second kappa shape index (κ2) is 10.8. The number of rotatable bonds is 4. The Morgan fingerprint density at radius 3 is 2.74 bits per heavy atom. The lowest BCUT2D eigenvalue weighted by Crippen LogP contribution is -2.55. The lowest BCUT2D eigenvalue weighted by Gasteiger charge is -2.35. The van der Waals surface area contributed by atoms with Crippen LogP contribution < -0.4 is 15.1 Å². The van der Waals surface area contributed by atoms with Crippen LogP contribution in [0.1, 0.15) is 5.56 Å². The van der Waals surface area contributed by atoms with Crippen molar-refractivity contribution >= 4 is 47.3 Å². The van der Waals surface area contributed by atoms with Crippen molar-refractivity contribution in [1.82, 2.24) is 25.0 Å². The van der Waals surface area contributed by atoms with Gasteiger partial charge in [0.25, 0.3) is 0 Å². The Morgan fingerprint density at radius 1 is 1.26 bits per heavy atom. The molecule has 0 atom stereocenters. The van der Waals surface area contributed by atoms with Crippen molar-refractivity contribution in [1.29, 1.82) is 0 Å². The van der Waals surface area contributed by atoms with Crippen LogP contribution in [0.15, 0.2) is 35.7 Å². The molecule has 1 amide bonds. The molecule has 0 aromatic carbocycles. The van der Waals surface area contributed by atoms with Crippen LogP contribution in [0.3, 0.4) is 0 Å². The highest BCUT2D eigenvalue weighted by Gasteiger charge is 2.27. The zero-order valence-corrected chi connectivity index (χ0v) is 20.2. The fourth-order valence-corrected chi connectivity index (χ4v) is 3.81. The molecule has 0 unspecified atom stereocenters. The van der Waals surface area contributed by atoms with Crippen LogP contribution in [-0.4, -0.2) is 84.5 Å². The number of anilines is 2. The number of amides is 1. The molecule has 1 N–H and O–H groups in total. The number of morpholine rings is 1. The molecule has 0 aliphatic carbocycles. The summed E-state index contributed by atoms with van der Waals surface area (Å²) in [5.41, 5.74) is 1.93. The zero-order valence-electron chi connectivity index (χ0n) is 17.9. The zero-order chi connectivity index (χ0) is 20.9. The van der Waals surface area contributed by atoms with Gasteiger partial charge in [-0.05, 0) is 6.07 Å². The number of carbonyl (C=O) groups excluding carboxylic acids is 1. The molecule has 11 heteroatoms. The van der Waals surface area contributed by atoms with Crippen LogP contribution in [0, 0.1) is 0 Å². The van der Waals surface area contributed by atoms with Gasteiger partial charge in [0.2, 0.25) is 5.91 Å². The van der Waals surface area contributed by atoms with E-state index in [-0.39, 0.29) is 36.4 Å². The number of aliphatic imine (C=N–C) groups is 1. The molecule has 31 heavy (non-hydrogen) atoms. The van der Waals surface area contributed by atoms with Gasteiger partial charge in [0.05, 0.1) is 25.1 Å². The maximum Gasteiger partial charge on any atom is 0.246 e. The minimum Gasteiger partial charge on any atom is -0.378 e. The highest BCUT2D eigenvalue weighted by molar-refractivity contribution is 14.0. The van der Waals surface area contributed by atoms with Gasteiger partial charge in [-0.3, -0.25) is 14.5 Å². The molecular formula is C20H29IN8O2. The van der Waals surface area contributed by atoms with Crippen molar-refractivity contribution in [3.8, 4) is 0 Å². The van der Waals surface area contributed by atoms with Gasteiger partial charge in [-0.1, -0.05) is 6.07 Å². The molecule has 4 heterocycles. The van der Waals surface area contributed by atoms with E-state index in [0.29, 0.717) is 38.8 Å². The highest BCUT2D eigenvalue weighted by atomic mass is 127. The number of hydrogen-bond acceptors (Lipinski definition) is 6. The third-order valence-electron chi connectivity index (χ3n) is 5.35. The molecule has 4 rings (SSSR count). The lowest BCUT2D eigenvalue weighted by molar-refractivity contribution is -0.120. The first-order valence-corrected chi connectivity index (χ1v) is 10.2. The molecule has 2 aromatic rings. The topological polar surface area (TPSA) is 91.1 Å². The number of guanidine groups is 1. The lowest BCUT2D eigenvalue weighted by atomic mass is 10.2. The summed E-state index contributed by atoms with van der Waals surface area (Å²) in [6.07, 6.45) is 5.39. The second-order valence-electron chi connectivity index (χ2n) is 7.33. The normalized spacial score (nSPS) is 17.5. The van der Waals surface area contributed by atoms with Crippen LogP contribution in [0.2, 0.25) is 0 Å². The smallest absolute Gasteiger partial charge is 0.246 e. The van der Waals surface area contributed by atoms with Gasteiger partial charge in [-0.15, -0.1) is 24.0 Å². The minimum atomic E-state index is 0. The van der Waals surface area contributed by atoms with Crippen LogP contribution in [0.25, 0.3) is 0 Å². The number of aromatic nitrogens is 3. The molecule has 2 aromatic heterocycles. The Hall–Kier alpha value is -2.41. The molecule has 10 nitrogen and oxygen atoms in total. The van der Waals surface area contributed by atoms with Gasteiger partial charge in [0.15, 0.2) is 5.96 Å². The fraction of sp³-hybridized carbons (Fsp3) is 0.500. The predicted molar refractivity (Wildman–Crippen MR) is 130 cm³/mol. The van der Waals surface area contributed by atoms with Crippen LogP contribution >= 0.6 is 24.0 Å². The van der Waals surface area contributed by atoms with Gasteiger partial charge in [-0.25, -0.2) is 4.98 Å². The van der Waals surface area contributed by atoms with Crippen molar-refractivity contribution in [2.24, 2.45) is 12.0 Å². The number of carbonyl (C=O) groups is 1. The summed E-state index contributed by atoms with van der Waals surface area (Å²) >= 11 is 0. The van der Waals surface area contributed by atoms with Crippen LogP contribution in [0.5, 0.6) is 0 Å². The number of ether oxygens (including phenoxy) is 1. The number of hydrogen-bond donors (Lipinski definition) is 1. The largest absolute Gasteiger partial charge is 0.378 e. The molecule has 0 bridgehead atoms. The Morgan fingerprint density at radius 2 is 2.06 bits per heavy atom. The van der Waals surface area contributed by atoms with Crippen molar-refractivity contribution in [3.63, 3.8) is 0 Å². The fourth-order valence-electron chi connectivity index (χ4n) is 3.81. The van der Waals surface area contributed by atoms with Crippen LogP contribution in [-0.2, 0) is 23.1 Å². The predicted octanol–water partition coefficient (Wildman–Crippen LogP) is 0.694. The average molecular weight is 540 g/mol. The van der Waals surface area contributed by atoms with Crippen molar-refractivity contribution in [2.75, 3.05) is 62.8 Å². The van der Waals surface area contributed by atoms with E-state index in [1.54, 1.807) is 22.8 Å². The average Bonchev–Trinajstić information content (AvgIpc) is 3.21. The summed E-state index contributed by atoms with van der Waals surface area (Å²) in [5, 5.41) is 7.57. The third kappa shape index (κ3) is 5.45. The second-order valence-corrected chi connectivity index (χ2v) is 7.33. The van der Waals surface area contributed by atoms with Gasteiger partial charge in [0, 0.05) is 64.8 Å². The van der Waals surface area contributed by atoms with Gasteiger partial charge >= 0.3 is 0 Å². The maximum absolute atomic E-state index is 12.7. The number of aryl methyl sites for hydroxylation is 1. The minimum absolute atomic E-state index is 0. The maximum atomic E-state index is 12.7. The molecule has 0 saturated carbocycles. The molecule has 2 aliphatic rings. The SMILES string of the molecule is CN=C(NCc1cccnc1N1CCOCC1)N1CCN(c2cnn(C)c2)C(=O)C1.I. The highest BCUT2D eigenvalue weighted by Crippen LogP contribution is 2.19. The summed E-state index contributed by atoms with van der Waals surface area (Å²) in [6, 6.07) is 4.02. The Kier molecular flexibility index (Phi) is 8.07. The molecule has 0 radical (unpaired) electrons. The Bertz CT molecular complexity index is 912. The summed E-state index contributed by atoms with van der Waals surface area (Å²) < 4.78 is 7.16. The number of nitrogens with one attached hydrogen (secondary N) is 1. The number of halogens is 1. The molecule has 2 fully saturated rings. The van der Waals surface area contributed by atoms with E-state index >= 15 is 0 Å². The van der Waals surface area contributed by atoms with E-state index in [9.17, 15) is 4.79 Å². The quantitative estimate of drug-likeness (QED) is 0.347. The molecular weight excluding hydrogens is 511 g/mol. The molecule has 168 valence electrons. The number of pyridine rings is 1. The van der Waals surface area contributed by atoms with E-state index in [1.807, 2.05) is 30.4 Å². The summed E-state index contributed by atoms with van der Waals surface area (Å²) in [5.74, 6) is 1.72. The van der Waals surface area contributed by atoms with E-state index in [1.165, 1.54) is 0 Å². The Labute approximate surface area is 199 Å². The van der Waals surface area contributed by atoms with E-state index in [4.69, 9.17) is 4.74 Å². The van der Waals surface area contributed by atoms with Crippen molar-refractivity contribution in [2.45, 2.75) is 6.54 Å². The number of nitrogens with zero attached hydrogens (tertiary/aromatic N) is 7. The van der Waals surface area contributed by atoms with Crippen molar-refractivity contribution in [3.05, 3.63) is 36.3 Å². The third-order valence-corrected chi connectivity index (χ3v) is 5.35. The molecule has 0 spiro atoms. The van der Waals surface area contributed by atoms with Gasteiger partial charge in [0.1, 0.15) is 12.4 Å². The molecule has 2 aliphatic heterocycles. The van der Waals surface area contributed by atoms with Gasteiger partial charge in [-0.2, -0.15) is 5.10 Å². The first-order chi connectivity index (χ1) is 14.7. The first-order valence-electron chi connectivity index (χ1n) is 10.2. The monoisotopic (exact) mass is 540 g/mol. The van der Waals surface area contributed by atoms with E-state index in [0.717, 1.165) is 30.2 Å². The summed E-state index contributed by atoms with van der Waals surface area (Å²) in [7, 11) is 3.59. The van der Waals surface area contributed by atoms with E-state index < -0.39 is 0 Å². The summed E-state index contributed by atoms with van der Waals surface area (Å²) in [6.45, 7) is 5.26. The van der Waals surface area contributed by atoms with Crippen molar-refractivity contribution < 1.29 is 9.53 Å². The number of piperazine rings is 1. The molecule has 2 saturated heterocycles. The van der Waals surface area contributed by atoms with Crippen LogP contribution in [0.4, 0.5) is 11.5 Å². The first kappa shape index (κ1) is 23.3.